The molecule has 0 saturated heterocycles. The van der Waals surface area contributed by atoms with Gasteiger partial charge in [-0.2, -0.15) is 0 Å². The molecule has 1 heterocycles. The van der Waals surface area contributed by atoms with Crippen molar-refractivity contribution < 1.29 is 102 Å². The van der Waals surface area contributed by atoms with Crippen LogP contribution in [0.5, 0.6) is 0 Å². The lowest BCUT2D eigenvalue weighted by atomic mass is 9.85. The topological polar surface area (TPSA) is 642 Å². The van der Waals surface area contributed by atoms with Gasteiger partial charge in [0.25, 0.3) is 0 Å². The number of aliphatic hydroxyl groups is 2. The minimum atomic E-state index is -2.11. The summed E-state index contributed by atoms with van der Waals surface area (Å²) in [5.74, 6) is -21.4. The maximum atomic E-state index is 14.9. The maximum absolute atomic E-state index is 14.9. The molecule has 0 aromatic carbocycles. The number of carboxylic acids is 1. The van der Waals surface area contributed by atoms with Crippen LogP contribution in [0.25, 0.3) is 0 Å². The normalized spacial score (nSPS) is 22.3. The molecule has 0 bridgehead atoms. The van der Waals surface area contributed by atoms with E-state index < -0.39 is 264 Å². The van der Waals surface area contributed by atoms with Crippen LogP contribution in [-0.2, 0) is 86.3 Å². The molecule has 38 nitrogen and oxygen atoms in total. The van der Waals surface area contributed by atoms with Crippen LogP contribution in [0.15, 0.2) is 12.2 Å². The highest BCUT2D eigenvalue weighted by Gasteiger charge is 2.45. The highest BCUT2D eigenvalue weighted by atomic mass is 16.4. The van der Waals surface area contributed by atoms with Gasteiger partial charge >= 0.3 is 5.97 Å². The Bertz CT molecular complexity index is 3210. The Morgan fingerprint density at radius 3 is 1.61 bits per heavy atom. The van der Waals surface area contributed by atoms with Gasteiger partial charge < -0.3 is 108 Å². The first-order valence-corrected chi connectivity index (χ1v) is 35.3. The standard InChI is InChI=1S/C68H115N17O21/c1-15-33(5)50(80-54(95)35(7)74-56(97)41(27-38(88)31-69)77-55(96)39(23-24-44(70)89)75-59(100)48(73)36(8)86)61(102)79-43(30-47(92)93)58(99)85-68(14)26-22-20-18-17-19-21-25-67(13,64(105)82-49(32(3)4)60(101)76-40(28-45(71)90)53(94)66(10,11)12)84-57(98)42(29-46(72)91)78-63(104)52(37(9)87)81-62(103)51(34(6)16-2)83-65(68)106/h17-18,32-37,39-43,48-52,86-87H,15-16,19-31,69,73H2,1-14H3,(H2,70,89)(H2,71,90)(H2,72,91)(H,74,97)(H,75,100)(H,76,101)(H,77,96)(H,78,104)(H,79,102)(H,80,95)(H,81,103)(H,82,105)(H,83,106)(H,84,98)(H,85,99)(H,92,93)/b18-17-/t33-,34-,35-,36+,37+,39-,40-,41-,42-,43-,48-,49-,50-,51-,52-,67-,68-/m0/s1. The van der Waals surface area contributed by atoms with Gasteiger partial charge in [-0.05, 0) is 97.3 Å². The molecule has 598 valence electrons. The van der Waals surface area contributed by atoms with Crippen LogP contribution >= 0.6 is 0 Å². The summed E-state index contributed by atoms with van der Waals surface area (Å²) in [6.45, 7) is 19.5. The van der Waals surface area contributed by atoms with E-state index in [-0.39, 0.29) is 51.4 Å². The van der Waals surface area contributed by atoms with E-state index in [1.165, 1.54) is 34.6 Å². The molecule has 0 unspecified atom stereocenters. The van der Waals surface area contributed by atoms with Crippen LogP contribution in [0.2, 0.25) is 0 Å². The summed E-state index contributed by atoms with van der Waals surface area (Å²) in [6.07, 6.45) is -3.75. The molecule has 17 atom stereocenters. The lowest BCUT2D eigenvalue weighted by Gasteiger charge is -2.35. The number of hydrogen-bond donors (Lipinski definition) is 20. The summed E-state index contributed by atoms with van der Waals surface area (Å²) < 4.78 is 0. The predicted molar refractivity (Wildman–Crippen MR) is 381 cm³/mol. The van der Waals surface area contributed by atoms with E-state index in [2.05, 4.69) is 63.8 Å². The second-order valence-corrected chi connectivity index (χ2v) is 28.8. The number of carbonyl (C=O) groups excluding carboxylic acids is 17. The van der Waals surface area contributed by atoms with Gasteiger partial charge in [0.2, 0.25) is 88.6 Å². The summed E-state index contributed by atoms with van der Waals surface area (Å²) in [6, 6.07) is -18.4. The van der Waals surface area contributed by atoms with Gasteiger partial charge in [0.15, 0.2) is 5.78 Å². The molecule has 0 spiro atoms. The molecular weight excluding hydrogens is 1390 g/mol. The van der Waals surface area contributed by atoms with Gasteiger partial charge in [-0.1, -0.05) is 87.3 Å². The van der Waals surface area contributed by atoms with Crippen molar-refractivity contribution in [2.45, 2.75) is 277 Å². The lowest BCUT2D eigenvalue weighted by Crippen LogP contribution is -2.66. The van der Waals surface area contributed by atoms with E-state index in [1.807, 2.05) is 0 Å². The first kappa shape index (κ1) is 94.5. The smallest absolute Gasteiger partial charge is 0.305 e. The molecule has 0 aromatic rings. The van der Waals surface area contributed by atoms with Gasteiger partial charge in [-0.25, -0.2) is 0 Å². The number of aliphatic hydroxyl groups excluding tert-OH is 2. The highest BCUT2D eigenvalue weighted by molar-refractivity contribution is 6.03. The van der Waals surface area contributed by atoms with Crippen molar-refractivity contribution in [3.05, 3.63) is 12.2 Å². The molecule has 1 rings (SSSR count). The largest absolute Gasteiger partial charge is 0.481 e. The van der Waals surface area contributed by atoms with E-state index in [0.29, 0.717) is 0 Å². The van der Waals surface area contributed by atoms with Crippen LogP contribution in [0.3, 0.4) is 0 Å². The van der Waals surface area contributed by atoms with Crippen LogP contribution < -0.4 is 92.5 Å². The predicted octanol–water partition coefficient (Wildman–Crippen LogP) is -5.62. The number of carbonyl (C=O) groups is 18. The SMILES string of the molecule is CC[C@H](C)[C@H](NC(=O)[C@H](C)NC(=O)[C@H](CC(=O)CN)NC(=O)[C@H](CCC(N)=O)NC(=O)[C@@H](N)[C@@H](C)O)C(=O)N[C@@H](CC(=O)O)C(=O)N[C@@]1(C)CCC/C=C\CCC[C@@](C)(C(=O)N[C@H](C(=O)N[C@@H](CC(N)=O)C(=O)C(C)(C)C)C(C)C)NC(=O)[C@H](CC(N)=O)NC(=O)[C@H]([C@@H](C)O)NC(=O)[C@H]([C@@H](C)CC)NC1=O. The molecule has 0 saturated carbocycles. The third-order valence-electron chi connectivity index (χ3n) is 17.9. The minimum absolute atomic E-state index is 0.0574. The molecule has 25 N–H and O–H groups in total. The molecule has 1 aliphatic heterocycles. The average molecular weight is 1510 g/mol. The zero-order valence-electron chi connectivity index (χ0n) is 63.1. The second-order valence-electron chi connectivity index (χ2n) is 28.8. The van der Waals surface area contributed by atoms with Crippen molar-refractivity contribution in [1.82, 2.24) is 63.8 Å². The fraction of sp³-hybridized carbons (Fsp3) is 0.706. The first-order valence-electron chi connectivity index (χ1n) is 35.3. The van der Waals surface area contributed by atoms with Crippen molar-refractivity contribution in [2.24, 2.45) is 51.8 Å². The van der Waals surface area contributed by atoms with E-state index in [9.17, 15) is 102 Å². The quantitative estimate of drug-likeness (QED) is 0.0260. The summed E-state index contributed by atoms with van der Waals surface area (Å²) in [4.78, 5) is 245. The van der Waals surface area contributed by atoms with Gasteiger partial charge in [0, 0.05) is 18.3 Å². The van der Waals surface area contributed by atoms with Crippen molar-refractivity contribution in [3.63, 3.8) is 0 Å². The number of primary amides is 3. The van der Waals surface area contributed by atoms with Crippen molar-refractivity contribution in [3.8, 4) is 0 Å². The summed E-state index contributed by atoms with van der Waals surface area (Å²) in [5.41, 5.74) is 22.4. The fourth-order valence-corrected chi connectivity index (χ4v) is 10.8. The molecule has 106 heavy (non-hydrogen) atoms. The van der Waals surface area contributed by atoms with E-state index in [4.69, 9.17) is 28.7 Å². The Morgan fingerprint density at radius 2 is 1.11 bits per heavy atom. The number of allylic oxidation sites excluding steroid dienone is 2. The Hall–Kier alpha value is -9.56. The van der Waals surface area contributed by atoms with Gasteiger partial charge in [0.1, 0.15) is 77.3 Å². The van der Waals surface area contributed by atoms with Crippen LogP contribution in [0.4, 0.5) is 0 Å². The molecule has 0 aliphatic carbocycles. The van der Waals surface area contributed by atoms with E-state index in [1.54, 1.807) is 60.6 Å². The number of nitrogens with one attached hydrogen (secondary N) is 12. The molecule has 38 heteroatoms. The summed E-state index contributed by atoms with van der Waals surface area (Å²) in [7, 11) is 0. The number of aliphatic carboxylic acids is 1. The lowest BCUT2D eigenvalue weighted by molar-refractivity contribution is -0.143. The molecule has 0 radical (unpaired) electrons. The zero-order chi connectivity index (χ0) is 81.6. The van der Waals surface area contributed by atoms with E-state index in [0.717, 1.165) is 13.8 Å². The monoisotopic (exact) mass is 1510 g/mol. The second kappa shape index (κ2) is 43.8. The Morgan fingerprint density at radius 1 is 0.585 bits per heavy atom. The van der Waals surface area contributed by atoms with Gasteiger partial charge in [-0.3, -0.25) is 86.3 Å². The average Bonchev–Trinajstić information content (AvgIpc) is 0.833. The highest BCUT2D eigenvalue weighted by Crippen LogP contribution is 2.23. The minimum Gasteiger partial charge on any atom is -0.481 e. The van der Waals surface area contributed by atoms with Crippen molar-refractivity contribution >= 4 is 106 Å². The van der Waals surface area contributed by atoms with Crippen molar-refractivity contribution in [1.29, 1.82) is 0 Å². The fourth-order valence-electron chi connectivity index (χ4n) is 10.8. The summed E-state index contributed by atoms with van der Waals surface area (Å²) >= 11 is 0. The number of rotatable bonds is 36. The van der Waals surface area contributed by atoms with Crippen molar-refractivity contribution in [2.75, 3.05) is 6.54 Å². The Balaban J connectivity index is 3.94. The molecule has 0 fully saturated rings. The third-order valence-corrected chi connectivity index (χ3v) is 17.9. The number of hydrogen-bond acceptors (Lipinski definition) is 22. The number of carboxylic acid groups (broad SMARTS) is 1. The molecule has 1 aliphatic rings. The first-order chi connectivity index (χ1) is 49.0. The molecular formula is C68H115N17O21. The number of nitrogens with two attached hydrogens (primary N) is 5. The number of amides is 15. The number of Topliss-reactive ketones (excluding diaryl/α,β-unsaturated/α-hetero) is 2. The molecule has 15 amide bonds. The van der Waals surface area contributed by atoms with Gasteiger partial charge in [0.05, 0.1) is 44.1 Å². The Kier molecular flexibility index (Phi) is 39.0. The zero-order valence-corrected chi connectivity index (χ0v) is 63.1. The van der Waals surface area contributed by atoms with E-state index >= 15 is 0 Å². The third kappa shape index (κ3) is 31.2. The summed E-state index contributed by atoms with van der Waals surface area (Å²) in [5, 5.41) is 60.3. The van der Waals surface area contributed by atoms with Gasteiger partial charge in [-0.15, -0.1) is 0 Å². The van der Waals surface area contributed by atoms with Crippen LogP contribution in [-0.4, -0.2) is 218 Å². The van der Waals surface area contributed by atoms with Crippen LogP contribution in [0.1, 0.15) is 187 Å². The van der Waals surface area contributed by atoms with Crippen LogP contribution in [0, 0.1) is 23.2 Å². The Labute approximate surface area is 616 Å². The maximum Gasteiger partial charge on any atom is 0.305 e. The molecule has 0 aromatic heterocycles. The number of ketones is 2.